The molecule has 0 bridgehead atoms. The zero-order valence-electron chi connectivity index (χ0n) is 19.1. The van der Waals surface area contributed by atoms with E-state index in [2.05, 4.69) is 5.32 Å². The number of methoxy groups -OCH3 is 1. The molecule has 3 aromatic rings. The van der Waals surface area contributed by atoms with E-state index in [9.17, 15) is 9.59 Å². The van der Waals surface area contributed by atoms with Gasteiger partial charge in [0.1, 0.15) is 17.1 Å². The summed E-state index contributed by atoms with van der Waals surface area (Å²) in [5.41, 5.74) is 3.54. The lowest BCUT2D eigenvalue weighted by Crippen LogP contribution is -2.45. The highest BCUT2D eigenvalue weighted by Crippen LogP contribution is 2.32. The van der Waals surface area contributed by atoms with Gasteiger partial charge in [-0.1, -0.05) is 17.7 Å². The average Bonchev–Trinajstić information content (AvgIpc) is 3.15. The zero-order valence-corrected chi connectivity index (χ0v) is 19.1. The summed E-state index contributed by atoms with van der Waals surface area (Å²) in [6.45, 7) is 7.03. The van der Waals surface area contributed by atoms with Crippen LogP contribution in [0.3, 0.4) is 0 Å². The number of likely N-dealkylation sites (tertiary alicyclic amines) is 1. The van der Waals surface area contributed by atoms with E-state index < -0.39 is 0 Å². The quantitative estimate of drug-likeness (QED) is 0.627. The average molecular weight is 435 g/mol. The van der Waals surface area contributed by atoms with Gasteiger partial charge in [-0.2, -0.15) is 0 Å². The number of aryl methyl sites for hydroxylation is 2. The number of ether oxygens (including phenoxy) is 1. The van der Waals surface area contributed by atoms with Gasteiger partial charge in [-0.05, 0) is 63.9 Å². The van der Waals surface area contributed by atoms with Crippen LogP contribution in [0.25, 0.3) is 11.0 Å². The summed E-state index contributed by atoms with van der Waals surface area (Å²) < 4.78 is 11.4. The Bertz CT molecular complexity index is 1130. The van der Waals surface area contributed by atoms with E-state index in [-0.39, 0.29) is 23.8 Å². The van der Waals surface area contributed by atoms with E-state index in [1.165, 1.54) is 0 Å². The highest BCUT2D eigenvalue weighted by molar-refractivity contribution is 5.94. The number of carbonyl (C=O) groups is 2. The van der Waals surface area contributed by atoms with E-state index in [4.69, 9.17) is 9.15 Å². The summed E-state index contributed by atoms with van der Waals surface area (Å²) in [6.07, 6.45) is 1.58. The lowest BCUT2D eigenvalue weighted by Gasteiger charge is -2.32. The normalized spacial score (nSPS) is 17.2. The van der Waals surface area contributed by atoms with Crippen LogP contribution < -0.4 is 10.1 Å². The number of piperidine rings is 1. The molecule has 1 fully saturated rings. The standard InChI is InChI=1S/C26H30N2O4/c1-16-7-9-19(10-8-16)26(30)28-13-5-6-20(15-28)25(29)27-18(3)24-17(2)22-14-21(31-4)11-12-23(22)32-24/h7-12,14,18,20H,5-6,13,15H2,1-4H3,(H,27,29). The second-order valence-corrected chi connectivity index (χ2v) is 8.64. The fourth-order valence-corrected chi connectivity index (χ4v) is 4.41. The molecule has 0 aliphatic carbocycles. The molecular formula is C26H30N2O4. The molecule has 1 aliphatic rings. The van der Waals surface area contributed by atoms with Crippen LogP contribution in [-0.4, -0.2) is 36.9 Å². The molecule has 2 heterocycles. The lowest BCUT2D eigenvalue weighted by atomic mass is 9.95. The Kier molecular flexibility index (Phi) is 6.21. The van der Waals surface area contributed by atoms with Gasteiger partial charge in [-0.3, -0.25) is 9.59 Å². The Labute approximate surface area is 188 Å². The number of fused-ring (bicyclic) bond motifs is 1. The Hall–Kier alpha value is -3.28. The summed E-state index contributed by atoms with van der Waals surface area (Å²) in [5, 5.41) is 4.08. The van der Waals surface area contributed by atoms with Crippen LogP contribution in [-0.2, 0) is 4.79 Å². The molecule has 6 nitrogen and oxygen atoms in total. The fourth-order valence-electron chi connectivity index (χ4n) is 4.41. The van der Waals surface area contributed by atoms with Crippen molar-refractivity contribution >= 4 is 22.8 Å². The first-order valence-electron chi connectivity index (χ1n) is 11.1. The SMILES string of the molecule is COc1ccc2oc(C(C)NC(=O)C3CCCN(C(=O)c4ccc(C)cc4)C3)c(C)c2c1. The lowest BCUT2D eigenvalue weighted by molar-refractivity contribution is -0.127. The molecule has 2 amide bonds. The topological polar surface area (TPSA) is 71.8 Å². The van der Waals surface area contributed by atoms with Gasteiger partial charge in [0, 0.05) is 29.6 Å². The molecule has 0 spiro atoms. The van der Waals surface area contributed by atoms with Crippen LogP contribution in [0.1, 0.15) is 53.1 Å². The van der Waals surface area contributed by atoms with E-state index >= 15 is 0 Å². The Balaban J connectivity index is 1.44. The number of hydrogen-bond donors (Lipinski definition) is 1. The zero-order chi connectivity index (χ0) is 22.8. The maximum absolute atomic E-state index is 13.0. The van der Waals surface area contributed by atoms with Crippen LogP contribution in [0.5, 0.6) is 5.75 Å². The Morgan fingerprint density at radius 3 is 2.62 bits per heavy atom. The number of carbonyl (C=O) groups excluding carboxylic acids is 2. The fraction of sp³-hybridized carbons (Fsp3) is 0.385. The van der Waals surface area contributed by atoms with Crippen molar-refractivity contribution in [3.05, 3.63) is 64.9 Å². The number of nitrogens with zero attached hydrogens (tertiary/aromatic N) is 1. The van der Waals surface area contributed by atoms with Crippen molar-refractivity contribution in [1.29, 1.82) is 0 Å². The molecule has 1 saturated heterocycles. The maximum atomic E-state index is 13.0. The molecule has 2 unspecified atom stereocenters. The summed E-state index contributed by atoms with van der Waals surface area (Å²) in [5.74, 6) is 1.22. The van der Waals surface area contributed by atoms with Gasteiger partial charge in [-0.25, -0.2) is 0 Å². The van der Waals surface area contributed by atoms with Crippen molar-refractivity contribution < 1.29 is 18.7 Å². The second kappa shape index (κ2) is 9.07. The number of furan rings is 1. The molecule has 4 rings (SSSR count). The summed E-state index contributed by atoms with van der Waals surface area (Å²) in [4.78, 5) is 27.7. The van der Waals surface area contributed by atoms with E-state index in [0.717, 1.165) is 46.4 Å². The van der Waals surface area contributed by atoms with Gasteiger partial charge in [0.15, 0.2) is 0 Å². The molecule has 2 aromatic carbocycles. The van der Waals surface area contributed by atoms with Crippen LogP contribution >= 0.6 is 0 Å². The first-order valence-corrected chi connectivity index (χ1v) is 11.1. The highest BCUT2D eigenvalue weighted by Gasteiger charge is 2.30. The predicted octanol–water partition coefficient (Wildman–Crippen LogP) is 4.79. The van der Waals surface area contributed by atoms with Crippen molar-refractivity contribution in [1.82, 2.24) is 10.2 Å². The summed E-state index contributed by atoms with van der Waals surface area (Å²) in [6, 6.07) is 13.0. The van der Waals surface area contributed by atoms with Crippen LogP contribution in [0.4, 0.5) is 0 Å². The smallest absolute Gasteiger partial charge is 0.253 e. The molecule has 32 heavy (non-hydrogen) atoms. The first kappa shape index (κ1) is 21.9. The third-order valence-electron chi connectivity index (χ3n) is 6.31. The monoisotopic (exact) mass is 434 g/mol. The van der Waals surface area contributed by atoms with Crippen LogP contribution in [0, 0.1) is 19.8 Å². The highest BCUT2D eigenvalue weighted by atomic mass is 16.5. The molecule has 1 aliphatic heterocycles. The third-order valence-corrected chi connectivity index (χ3v) is 6.31. The third kappa shape index (κ3) is 4.35. The van der Waals surface area contributed by atoms with Crippen LogP contribution in [0.15, 0.2) is 46.9 Å². The summed E-state index contributed by atoms with van der Waals surface area (Å²) >= 11 is 0. The van der Waals surface area contributed by atoms with Gasteiger partial charge in [-0.15, -0.1) is 0 Å². The number of amides is 2. The Morgan fingerprint density at radius 2 is 1.91 bits per heavy atom. The molecule has 1 N–H and O–H groups in total. The molecule has 0 saturated carbocycles. The van der Waals surface area contributed by atoms with Crippen molar-refractivity contribution in [2.75, 3.05) is 20.2 Å². The number of hydrogen-bond acceptors (Lipinski definition) is 4. The Morgan fingerprint density at radius 1 is 1.16 bits per heavy atom. The van der Waals surface area contributed by atoms with E-state index in [1.54, 1.807) is 12.0 Å². The molecular weight excluding hydrogens is 404 g/mol. The van der Waals surface area contributed by atoms with Crippen molar-refractivity contribution in [3.63, 3.8) is 0 Å². The number of benzene rings is 2. The molecule has 2 atom stereocenters. The molecule has 0 radical (unpaired) electrons. The first-order chi connectivity index (χ1) is 15.4. The maximum Gasteiger partial charge on any atom is 0.253 e. The molecule has 1 aromatic heterocycles. The van der Waals surface area contributed by atoms with Gasteiger partial charge >= 0.3 is 0 Å². The predicted molar refractivity (Wildman–Crippen MR) is 124 cm³/mol. The molecule has 6 heteroatoms. The van der Waals surface area contributed by atoms with Gasteiger partial charge in [0.25, 0.3) is 5.91 Å². The largest absolute Gasteiger partial charge is 0.497 e. The van der Waals surface area contributed by atoms with E-state index in [0.29, 0.717) is 18.7 Å². The van der Waals surface area contributed by atoms with Crippen molar-refractivity contribution in [3.8, 4) is 5.75 Å². The van der Waals surface area contributed by atoms with Gasteiger partial charge in [0.05, 0.1) is 19.1 Å². The minimum atomic E-state index is -0.274. The van der Waals surface area contributed by atoms with Crippen LogP contribution in [0.2, 0.25) is 0 Å². The van der Waals surface area contributed by atoms with Crippen molar-refractivity contribution in [2.45, 2.75) is 39.7 Å². The summed E-state index contributed by atoms with van der Waals surface area (Å²) in [7, 11) is 1.64. The van der Waals surface area contributed by atoms with E-state index in [1.807, 2.05) is 63.2 Å². The van der Waals surface area contributed by atoms with Gasteiger partial charge in [0.2, 0.25) is 5.91 Å². The van der Waals surface area contributed by atoms with Gasteiger partial charge < -0.3 is 19.4 Å². The second-order valence-electron chi connectivity index (χ2n) is 8.64. The number of rotatable bonds is 5. The molecule has 168 valence electrons. The van der Waals surface area contributed by atoms with Crippen molar-refractivity contribution in [2.24, 2.45) is 5.92 Å². The minimum Gasteiger partial charge on any atom is -0.497 e. The number of nitrogens with one attached hydrogen (secondary N) is 1. The minimum absolute atomic E-state index is 0.0161.